The van der Waals surface area contributed by atoms with E-state index < -0.39 is 0 Å². The number of rotatable bonds is 8. The van der Waals surface area contributed by atoms with Crippen LogP contribution in [0.5, 0.6) is 17.2 Å². The first-order chi connectivity index (χ1) is 14.9. The monoisotopic (exact) mass is 416 g/mol. The molecule has 0 aromatic heterocycles. The minimum Gasteiger partial charge on any atom is -0.508 e. The van der Waals surface area contributed by atoms with Crippen LogP contribution in [0.2, 0.25) is 0 Å². The Bertz CT molecular complexity index is 1070. The van der Waals surface area contributed by atoms with Crippen molar-refractivity contribution in [3.63, 3.8) is 0 Å². The molecule has 0 saturated carbocycles. The van der Waals surface area contributed by atoms with Crippen molar-refractivity contribution in [3.05, 3.63) is 83.4 Å². The fourth-order valence-corrected chi connectivity index (χ4v) is 3.17. The van der Waals surface area contributed by atoms with Gasteiger partial charge in [0.05, 0.1) is 6.54 Å². The summed E-state index contributed by atoms with van der Waals surface area (Å²) in [5.74, 6) is 1.64. The maximum Gasteiger partial charge on any atom is 0.150 e. The molecule has 0 heterocycles. The Morgan fingerprint density at radius 2 is 1.61 bits per heavy atom. The van der Waals surface area contributed by atoms with Crippen molar-refractivity contribution >= 4 is 24.1 Å². The molecule has 0 unspecified atom stereocenters. The van der Waals surface area contributed by atoms with Crippen molar-refractivity contribution in [2.75, 3.05) is 11.4 Å². The molecule has 2 N–H and O–H groups in total. The molecule has 0 aliphatic rings. The van der Waals surface area contributed by atoms with E-state index in [2.05, 4.69) is 0 Å². The molecule has 0 aliphatic heterocycles. The van der Waals surface area contributed by atoms with E-state index in [0.717, 1.165) is 18.1 Å². The summed E-state index contributed by atoms with van der Waals surface area (Å²) in [7, 11) is 0. The lowest BCUT2D eigenvalue weighted by Gasteiger charge is -2.24. The van der Waals surface area contributed by atoms with Crippen LogP contribution < -0.4 is 9.64 Å². The standard InChI is InChI=1S/C25H24N2O4/c1-17(2)23-15-19(5-12-24(23)30)25(26)27(13-14-28)20-6-10-22(11-7-20)31-21-8-3-18(16-29)4-9-21/h3-12,14-17,26,30H,13H2,1-2H3. The maximum absolute atomic E-state index is 11.3. The number of benzene rings is 3. The average Bonchev–Trinajstić information content (AvgIpc) is 2.78. The molecule has 6 heteroatoms. The lowest BCUT2D eigenvalue weighted by molar-refractivity contribution is -0.106. The molecular weight excluding hydrogens is 392 g/mol. The fourth-order valence-electron chi connectivity index (χ4n) is 3.17. The number of nitrogens with zero attached hydrogens (tertiary/aromatic N) is 1. The molecule has 0 radical (unpaired) electrons. The number of phenols is 1. The highest BCUT2D eigenvalue weighted by Crippen LogP contribution is 2.29. The third kappa shape index (κ3) is 5.17. The van der Waals surface area contributed by atoms with E-state index in [-0.39, 0.29) is 24.0 Å². The maximum atomic E-state index is 11.3. The molecular formula is C25H24N2O4. The van der Waals surface area contributed by atoms with Crippen LogP contribution in [0.4, 0.5) is 5.69 Å². The van der Waals surface area contributed by atoms with Crippen LogP contribution in [0.25, 0.3) is 0 Å². The van der Waals surface area contributed by atoms with Gasteiger partial charge in [0.15, 0.2) is 0 Å². The topological polar surface area (TPSA) is 90.7 Å². The summed E-state index contributed by atoms with van der Waals surface area (Å²) in [5, 5.41) is 18.7. The smallest absolute Gasteiger partial charge is 0.150 e. The largest absolute Gasteiger partial charge is 0.508 e. The van der Waals surface area contributed by atoms with Crippen molar-refractivity contribution in [3.8, 4) is 17.2 Å². The number of anilines is 1. The molecule has 0 amide bonds. The lowest BCUT2D eigenvalue weighted by atomic mass is 9.99. The highest BCUT2D eigenvalue weighted by atomic mass is 16.5. The predicted octanol–water partition coefficient (Wildman–Crippen LogP) is 5.15. The van der Waals surface area contributed by atoms with E-state index in [1.165, 1.54) is 0 Å². The van der Waals surface area contributed by atoms with Gasteiger partial charge < -0.3 is 19.5 Å². The summed E-state index contributed by atoms with van der Waals surface area (Å²) in [6, 6.07) is 18.8. The molecule has 31 heavy (non-hydrogen) atoms. The Hall–Kier alpha value is -3.93. The summed E-state index contributed by atoms with van der Waals surface area (Å²) in [6.07, 6.45) is 1.52. The molecule has 158 valence electrons. The Balaban J connectivity index is 1.82. The van der Waals surface area contributed by atoms with Crippen molar-refractivity contribution in [2.24, 2.45) is 0 Å². The van der Waals surface area contributed by atoms with Gasteiger partial charge in [0, 0.05) is 16.8 Å². The van der Waals surface area contributed by atoms with Crippen molar-refractivity contribution < 1.29 is 19.4 Å². The van der Waals surface area contributed by atoms with Gasteiger partial charge >= 0.3 is 0 Å². The van der Waals surface area contributed by atoms with Crippen molar-refractivity contribution in [1.82, 2.24) is 0 Å². The number of phenolic OH excluding ortho intramolecular Hbond substituents is 1. The molecule has 3 aromatic rings. The Kier molecular flexibility index (Phi) is 6.82. The first kappa shape index (κ1) is 21.8. The molecule has 6 nitrogen and oxygen atoms in total. The SMILES string of the molecule is CC(C)c1cc(C(=N)N(CC=O)c2ccc(Oc3ccc(C=O)cc3)cc2)ccc1O. The molecule has 0 saturated heterocycles. The highest BCUT2D eigenvalue weighted by molar-refractivity contribution is 6.09. The van der Waals surface area contributed by atoms with Crippen LogP contribution in [0.15, 0.2) is 66.7 Å². The zero-order chi connectivity index (χ0) is 22.4. The number of carbonyl (C=O) groups excluding carboxylic acids is 2. The van der Waals surface area contributed by atoms with Crippen molar-refractivity contribution in [1.29, 1.82) is 5.41 Å². The number of carbonyl (C=O) groups is 2. The third-order valence-corrected chi connectivity index (χ3v) is 4.85. The lowest BCUT2D eigenvalue weighted by Crippen LogP contribution is -2.32. The summed E-state index contributed by atoms with van der Waals surface area (Å²) >= 11 is 0. The average molecular weight is 416 g/mol. The number of nitrogens with one attached hydrogen (secondary N) is 1. The summed E-state index contributed by atoms with van der Waals surface area (Å²) in [5.41, 5.74) is 2.59. The minimum absolute atomic E-state index is 0.0179. The van der Waals surface area contributed by atoms with Gasteiger partial charge in [-0.1, -0.05) is 13.8 Å². The Morgan fingerprint density at radius 3 is 2.16 bits per heavy atom. The van der Waals surface area contributed by atoms with Crippen LogP contribution in [-0.2, 0) is 4.79 Å². The first-order valence-corrected chi connectivity index (χ1v) is 9.89. The number of amidine groups is 1. The Morgan fingerprint density at radius 1 is 1.00 bits per heavy atom. The van der Waals surface area contributed by atoms with E-state index in [4.69, 9.17) is 10.1 Å². The summed E-state index contributed by atoms with van der Waals surface area (Å²) in [4.78, 5) is 23.6. The Labute approximate surface area is 181 Å². The molecule has 0 spiro atoms. The molecule has 3 rings (SSSR count). The number of hydrogen-bond donors (Lipinski definition) is 2. The zero-order valence-electron chi connectivity index (χ0n) is 17.4. The number of hydrogen-bond acceptors (Lipinski definition) is 5. The van der Waals surface area contributed by atoms with Crippen LogP contribution in [0.1, 0.15) is 41.3 Å². The molecule has 3 aromatic carbocycles. The van der Waals surface area contributed by atoms with Gasteiger partial charge in [-0.05, 0) is 78.2 Å². The van der Waals surface area contributed by atoms with Gasteiger partial charge in [-0.25, -0.2) is 0 Å². The van der Waals surface area contributed by atoms with Crippen LogP contribution in [-0.4, -0.2) is 30.1 Å². The number of ether oxygens (including phenoxy) is 1. The number of aromatic hydroxyl groups is 1. The zero-order valence-corrected chi connectivity index (χ0v) is 17.4. The summed E-state index contributed by atoms with van der Waals surface area (Å²) < 4.78 is 5.79. The van der Waals surface area contributed by atoms with Gasteiger partial charge in [-0.2, -0.15) is 0 Å². The van der Waals surface area contributed by atoms with E-state index in [1.54, 1.807) is 71.6 Å². The van der Waals surface area contributed by atoms with Gasteiger partial charge in [0.1, 0.15) is 35.7 Å². The van der Waals surface area contributed by atoms with Crippen LogP contribution >= 0.6 is 0 Å². The van der Waals surface area contributed by atoms with Crippen LogP contribution in [0, 0.1) is 5.41 Å². The van der Waals surface area contributed by atoms with E-state index in [1.807, 2.05) is 13.8 Å². The first-order valence-electron chi connectivity index (χ1n) is 9.89. The number of aldehydes is 2. The predicted molar refractivity (Wildman–Crippen MR) is 121 cm³/mol. The van der Waals surface area contributed by atoms with Crippen molar-refractivity contribution in [2.45, 2.75) is 19.8 Å². The summed E-state index contributed by atoms with van der Waals surface area (Å²) in [6.45, 7) is 3.96. The second-order valence-electron chi connectivity index (χ2n) is 7.34. The molecule has 0 atom stereocenters. The van der Waals surface area contributed by atoms with Gasteiger partial charge in [0.2, 0.25) is 0 Å². The normalized spacial score (nSPS) is 10.5. The quantitative estimate of drug-likeness (QED) is 0.301. The van der Waals surface area contributed by atoms with Gasteiger partial charge in [-0.15, -0.1) is 0 Å². The minimum atomic E-state index is 0.0179. The van der Waals surface area contributed by atoms with E-state index in [9.17, 15) is 14.7 Å². The molecule has 0 bridgehead atoms. The third-order valence-electron chi connectivity index (χ3n) is 4.85. The second kappa shape index (κ2) is 9.71. The van der Waals surface area contributed by atoms with Gasteiger partial charge in [-0.3, -0.25) is 10.2 Å². The molecule has 0 fully saturated rings. The second-order valence-corrected chi connectivity index (χ2v) is 7.34. The fraction of sp³-hybridized carbons (Fsp3) is 0.160. The molecule has 0 aliphatic carbocycles. The van der Waals surface area contributed by atoms with E-state index >= 15 is 0 Å². The van der Waals surface area contributed by atoms with Crippen LogP contribution in [0.3, 0.4) is 0 Å². The van der Waals surface area contributed by atoms with E-state index in [0.29, 0.717) is 28.3 Å². The highest BCUT2D eigenvalue weighted by Gasteiger charge is 2.16. The van der Waals surface area contributed by atoms with Gasteiger partial charge in [0.25, 0.3) is 0 Å².